The number of benzene rings is 2. The van der Waals surface area contributed by atoms with Crippen molar-refractivity contribution in [2.45, 2.75) is 13.1 Å². The molecule has 6 nitrogen and oxygen atoms in total. The molecule has 0 N–H and O–H groups in total. The molecule has 4 aromatic rings. The van der Waals surface area contributed by atoms with Gasteiger partial charge in [-0.1, -0.05) is 61.6 Å². The molecule has 0 atom stereocenters. The van der Waals surface area contributed by atoms with Crippen LogP contribution in [0.2, 0.25) is 13.1 Å². The Hall–Kier alpha value is -5.68. The third-order valence-corrected chi connectivity index (χ3v) is 14.6. The van der Waals surface area contributed by atoms with Crippen LogP contribution in [0.25, 0.3) is 42.7 Å². The van der Waals surface area contributed by atoms with Crippen molar-refractivity contribution in [2.24, 2.45) is 0 Å². The van der Waals surface area contributed by atoms with Crippen molar-refractivity contribution in [3.05, 3.63) is 138 Å². The summed E-state index contributed by atoms with van der Waals surface area (Å²) in [5, 5.41) is 21.9. The summed E-state index contributed by atoms with van der Waals surface area (Å²) in [4.78, 5) is 37.8. The van der Waals surface area contributed by atoms with Gasteiger partial charge in [0.25, 0.3) is 11.4 Å². The number of thiophene rings is 2. The fourth-order valence-electron chi connectivity index (χ4n) is 6.32. The first kappa shape index (κ1) is 28.1. The molecule has 210 valence electrons. The summed E-state index contributed by atoms with van der Waals surface area (Å²) in [5.74, 6) is -0.398. The van der Waals surface area contributed by atoms with Crippen molar-refractivity contribution in [3.8, 4) is 21.9 Å². The molecular formula is C36H18N4O2S2Si. The van der Waals surface area contributed by atoms with Gasteiger partial charge in [-0.2, -0.15) is 0 Å². The molecule has 45 heavy (non-hydrogen) atoms. The number of carbonyl (C=O) groups excluding carboxylic acids is 2. The average molecular weight is 631 g/mol. The molecule has 7 rings (SSSR count). The first-order chi connectivity index (χ1) is 21.7. The number of Topliss-reactive ketones (excluding diaryl/α,β-unsaturated/α-hetero) is 2. The van der Waals surface area contributed by atoms with Gasteiger partial charge in [-0.3, -0.25) is 9.59 Å². The number of nitriles is 2. The van der Waals surface area contributed by atoms with Crippen LogP contribution in [0.4, 0.5) is 0 Å². The van der Waals surface area contributed by atoms with Crippen LogP contribution in [0, 0.1) is 35.8 Å². The van der Waals surface area contributed by atoms with Gasteiger partial charge in [0, 0.05) is 52.9 Å². The number of allylic oxidation sites excluding steroid dienone is 6. The van der Waals surface area contributed by atoms with Crippen molar-refractivity contribution in [1.82, 2.24) is 0 Å². The Kier molecular flexibility index (Phi) is 6.37. The Morgan fingerprint density at radius 2 is 1.09 bits per heavy atom. The molecule has 2 aromatic heterocycles. The van der Waals surface area contributed by atoms with Crippen molar-refractivity contribution >= 4 is 76.0 Å². The van der Waals surface area contributed by atoms with E-state index < -0.39 is 8.07 Å². The van der Waals surface area contributed by atoms with E-state index in [1.165, 1.54) is 10.4 Å². The molecule has 0 spiro atoms. The summed E-state index contributed by atoms with van der Waals surface area (Å²) in [5.41, 5.74) is 3.44. The SMILES string of the molecule is [C-]#[N+]/C(C#N)=C1\C(=C\c2cc3c(s2)-c2sc(/C=C4\C(=O)c5ccccc5\C4=C(\C#N)[N+]#[C-])cc2[Si]3(C)C)C(=O)c2ccccc21. The van der Waals surface area contributed by atoms with Crippen LogP contribution in [-0.4, -0.2) is 19.6 Å². The monoisotopic (exact) mass is 630 g/mol. The van der Waals surface area contributed by atoms with E-state index >= 15 is 0 Å². The van der Waals surface area contributed by atoms with E-state index in [-0.39, 0.29) is 23.0 Å². The summed E-state index contributed by atoms with van der Waals surface area (Å²) >= 11 is 3.15. The maximum atomic E-state index is 13.5. The van der Waals surface area contributed by atoms with Gasteiger partial charge in [-0.15, -0.1) is 22.7 Å². The van der Waals surface area contributed by atoms with Gasteiger partial charge in [0.2, 0.25) is 0 Å². The van der Waals surface area contributed by atoms with Crippen molar-refractivity contribution in [3.63, 3.8) is 0 Å². The molecule has 0 radical (unpaired) electrons. The van der Waals surface area contributed by atoms with Gasteiger partial charge < -0.3 is 0 Å². The van der Waals surface area contributed by atoms with Crippen LogP contribution in [0.3, 0.4) is 0 Å². The van der Waals surface area contributed by atoms with Gasteiger partial charge in [-0.05, 0) is 45.8 Å². The third-order valence-electron chi connectivity index (χ3n) is 8.45. The van der Waals surface area contributed by atoms with E-state index in [2.05, 4.69) is 34.9 Å². The minimum atomic E-state index is -2.15. The van der Waals surface area contributed by atoms with Crippen LogP contribution < -0.4 is 10.4 Å². The molecule has 3 aliphatic rings. The molecule has 9 heteroatoms. The molecule has 2 aliphatic carbocycles. The minimum Gasteiger partial charge on any atom is -0.289 e. The second-order valence-corrected chi connectivity index (χ2v) is 17.7. The third kappa shape index (κ3) is 4.01. The summed E-state index contributed by atoms with van der Waals surface area (Å²) < 4.78 is 0. The second-order valence-electron chi connectivity index (χ2n) is 11.2. The van der Waals surface area contributed by atoms with Gasteiger partial charge in [0.1, 0.15) is 8.07 Å². The van der Waals surface area contributed by atoms with E-state index in [0.717, 1.165) is 19.5 Å². The molecule has 0 bridgehead atoms. The molecule has 0 fully saturated rings. The molecule has 3 heterocycles. The van der Waals surface area contributed by atoms with E-state index in [4.69, 9.17) is 13.1 Å². The van der Waals surface area contributed by atoms with Crippen LogP contribution in [0.15, 0.2) is 83.2 Å². The Labute approximate surface area is 268 Å². The summed E-state index contributed by atoms with van der Waals surface area (Å²) in [6, 6.07) is 22.4. The fourth-order valence-corrected chi connectivity index (χ4v) is 13.4. The average Bonchev–Trinajstić information content (AvgIpc) is 3.82. The molecule has 0 amide bonds. The Morgan fingerprint density at radius 3 is 1.44 bits per heavy atom. The maximum absolute atomic E-state index is 13.5. The number of rotatable bonds is 2. The van der Waals surface area contributed by atoms with E-state index in [0.29, 0.717) is 44.5 Å². The summed E-state index contributed by atoms with van der Waals surface area (Å²) in [7, 11) is -2.15. The van der Waals surface area contributed by atoms with E-state index in [1.54, 1.807) is 71.2 Å². The Balaban J connectivity index is 1.34. The second kappa shape index (κ2) is 10.2. The zero-order chi connectivity index (χ0) is 31.6. The number of fused-ring (bicyclic) bond motifs is 5. The van der Waals surface area contributed by atoms with Crippen molar-refractivity contribution in [1.29, 1.82) is 10.5 Å². The molecule has 0 saturated heterocycles. The number of hydrogen-bond acceptors (Lipinski definition) is 6. The lowest BCUT2D eigenvalue weighted by Gasteiger charge is -2.16. The predicted octanol–water partition coefficient (Wildman–Crippen LogP) is 7.48. The Bertz CT molecular complexity index is 2190. The highest BCUT2D eigenvalue weighted by atomic mass is 32.1. The maximum Gasteiger partial charge on any atom is 0.270 e. The lowest BCUT2D eigenvalue weighted by Crippen LogP contribution is -2.48. The van der Waals surface area contributed by atoms with Crippen molar-refractivity contribution < 1.29 is 9.59 Å². The largest absolute Gasteiger partial charge is 0.289 e. The van der Waals surface area contributed by atoms with Crippen LogP contribution >= 0.6 is 22.7 Å². The topological polar surface area (TPSA) is 90.4 Å². The van der Waals surface area contributed by atoms with Crippen LogP contribution in [0.5, 0.6) is 0 Å². The molecule has 0 unspecified atom stereocenters. The Morgan fingerprint density at radius 1 is 0.711 bits per heavy atom. The highest BCUT2D eigenvalue weighted by Gasteiger charge is 2.42. The van der Waals surface area contributed by atoms with E-state index in [9.17, 15) is 20.1 Å². The first-order valence-electron chi connectivity index (χ1n) is 13.8. The van der Waals surface area contributed by atoms with Gasteiger partial charge in [0.15, 0.2) is 11.6 Å². The van der Waals surface area contributed by atoms with Crippen molar-refractivity contribution in [2.75, 3.05) is 0 Å². The highest BCUT2D eigenvalue weighted by molar-refractivity contribution is 7.29. The minimum absolute atomic E-state index is 0.105. The molecular weight excluding hydrogens is 613 g/mol. The number of hydrogen-bond donors (Lipinski definition) is 0. The fraction of sp³-hybridized carbons (Fsp3) is 0.0556. The highest BCUT2D eigenvalue weighted by Crippen LogP contribution is 2.45. The quantitative estimate of drug-likeness (QED) is 0.0994. The summed E-state index contributed by atoms with van der Waals surface area (Å²) in [6.45, 7) is 19.7. The predicted molar refractivity (Wildman–Crippen MR) is 180 cm³/mol. The lowest BCUT2D eigenvalue weighted by molar-refractivity contribution is 0.103. The van der Waals surface area contributed by atoms with E-state index in [1.807, 2.05) is 24.3 Å². The molecule has 0 saturated carbocycles. The number of nitrogens with zero attached hydrogens (tertiary/aromatic N) is 4. The lowest BCUT2D eigenvalue weighted by atomic mass is 10.0. The number of ketones is 2. The normalized spacial score (nSPS) is 19.2. The van der Waals surface area contributed by atoms with Crippen LogP contribution in [-0.2, 0) is 0 Å². The molecule has 1 aliphatic heterocycles. The van der Waals surface area contributed by atoms with Gasteiger partial charge in [-0.25, -0.2) is 20.2 Å². The zero-order valence-corrected chi connectivity index (χ0v) is 26.5. The zero-order valence-electron chi connectivity index (χ0n) is 23.9. The smallest absolute Gasteiger partial charge is 0.270 e. The molecule has 2 aromatic carbocycles. The summed E-state index contributed by atoms with van der Waals surface area (Å²) in [6.07, 6.45) is 3.62. The first-order valence-corrected chi connectivity index (χ1v) is 18.4. The number of carbonyl (C=O) groups is 2. The standard InChI is InChI=1S/C36H18N4O2S2Si/c1-39-27(17-37)31-21-9-5-7-11-23(21)33(41)25(31)13-19-15-29-35(43-19)36-30(45(29,3)4)16-20(44-36)14-26-32(28(18-38)40-2)22-10-6-8-12-24(22)34(26)42/h5-16H,3-4H3/b25-13-,26-14-,31-27-,32-28+. The van der Waals surface area contributed by atoms with Gasteiger partial charge in [0.05, 0.1) is 25.3 Å². The van der Waals surface area contributed by atoms with Gasteiger partial charge >= 0.3 is 0 Å². The van der Waals surface area contributed by atoms with Crippen LogP contribution in [0.1, 0.15) is 41.6 Å².